The summed E-state index contributed by atoms with van der Waals surface area (Å²) in [5.41, 5.74) is 4.42. The summed E-state index contributed by atoms with van der Waals surface area (Å²) in [6.45, 7) is 4.11. The van der Waals surface area contributed by atoms with Gasteiger partial charge in [-0.2, -0.15) is 14.4 Å². The third-order valence-electron chi connectivity index (χ3n) is 6.30. The molecule has 178 valence electrons. The lowest BCUT2D eigenvalue weighted by Crippen LogP contribution is -2.41. The lowest BCUT2D eigenvalue weighted by Gasteiger charge is -2.23. The molecule has 2 heterocycles. The first kappa shape index (κ1) is 24.4. The first-order valence-corrected chi connectivity index (χ1v) is 11.1. The Hall–Kier alpha value is -2.24. The Morgan fingerprint density at radius 3 is 2.69 bits per heavy atom. The van der Waals surface area contributed by atoms with E-state index in [1.54, 1.807) is 4.90 Å². The van der Waals surface area contributed by atoms with Gasteiger partial charge in [0, 0.05) is 18.5 Å². The van der Waals surface area contributed by atoms with Gasteiger partial charge in [0.1, 0.15) is 0 Å². The maximum Gasteiger partial charge on any atom is 0.243 e. The Morgan fingerprint density at radius 1 is 1.41 bits per heavy atom. The van der Waals surface area contributed by atoms with Crippen LogP contribution in [0.3, 0.4) is 0 Å². The van der Waals surface area contributed by atoms with Gasteiger partial charge in [-0.15, -0.1) is 0 Å². The molecule has 2 aliphatic rings. The van der Waals surface area contributed by atoms with E-state index >= 15 is 4.39 Å². The van der Waals surface area contributed by atoms with Gasteiger partial charge in [0.05, 0.1) is 18.6 Å². The van der Waals surface area contributed by atoms with Gasteiger partial charge in [-0.05, 0) is 23.9 Å². The van der Waals surface area contributed by atoms with Crippen LogP contribution in [-0.4, -0.2) is 63.4 Å². The zero-order chi connectivity index (χ0) is 23.5. The van der Waals surface area contributed by atoms with Crippen molar-refractivity contribution in [2.24, 2.45) is 17.3 Å². The third kappa shape index (κ3) is 5.76. The van der Waals surface area contributed by atoms with Crippen molar-refractivity contribution in [3.05, 3.63) is 11.1 Å². The molecule has 12 heteroatoms. The molecule has 2 fully saturated rings. The third-order valence-corrected chi connectivity index (χ3v) is 6.47. The van der Waals surface area contributed by atoms with Gasteiger partial charge in [-0.25, -0.2) is 5.06 Å². The number of hydrogen-bond acceptors (Lipinski definition) is 8. The molecule has 1 aliphatic carbocycles. The molecular formula is C20H30ClFN6O4. The van der Waals surface area contributed by atoms with E-state index in [4.69, 9.17) is 11.6 Å². The van der Waals surface area contributed by atoms with Crippen LogP contribution in [0.4, 0.5) is 16.0 Å². The average Bonchev–Trinajstić information content (AvgIpc) is 3.34. The minimum Gasteiger partial charge on any atom is -0.391 e. The lowest BCUT2D eigenvalue weighted by atomic mass is 9.90. The fourth-order valence-electron chi connectivity index (χ4n) is 4.38. The number of hydrogen-bond donors (Lipinski definition) is 4. The van der Waals surface area contributed by atoms with E-state index in [1.807, 2.05) is 13.8 Å². The minimum atomic E-state index is -0.816. The van der Waals surface area contributed by atoms with Crippen molar-refractivity contribution < 1.29 is 24.3 Å². The number of aliphatic hydroxyl groups excluding tert-OH is 1. The normalized spacial score (nSPS) is 21.4. The second-order valence-electron chi connectivity index (χ2n) is 9.29. The molecule has 0 unspecified atom stereocenters. The summed E-state index contributed by atoms with van der Waals surface area (Å²) >= 11 is 5.98. The molecule has 3 rings (SSSR count). The van der Waals surface area contributed by atoms with E-state index in [-0.39, 0.29) is 36.4 Å². The highest BCUT2D eigenvalue weighted by molar-refractivity contribution is 6.28. The van der Waals surface area contributed by atoms with Gasteiger partial charge in [-0.1, -0.05) is 39.5 Å². The van der Waals surface area contributed by atoms with E-state index < -0.39 is 29.2 Å². The van der Waals surface area contributed by atoms with Crippen LogP contribution < -0.4 is 15.8 Å². The number of nitrogens with zero attached hydrogens (tertiary/aromatic N) is 4. The van der Waals surface area contributed by atoms with Gasteiger partial charge in [-0.3, -0.25) is 25.6 Å². The Balaban J connectivity index is 1.71. The number of halogens is 2. The zero-order valence-corrected chi connectivity index (χ0v) is 19.0. The molecule has 2 atom stereocenters. The van der Waals surface area contributed by atoms with Crippen LogP contribution in [0.5, 0.6) is 0 Å². The molecule has 2 amide bonds. The average molecular weight is 473 g/mol. The number of carbonyl (C=O) groups is 2. The molecule has 4 N–H and O–H groups in total. The van der Waals surface area contributed by atoms with Gasteiger partial charge >= 0.3 is 0 Å². The first-order chi connectivity index (χ1) is 15.1. The van der Waals surface area contributed by atoms with E-state index in [2.05, 4.69) is 20.8 Å². The van der Waals surface area contributed by atoms with Gasteiger partial charge in [0.25, 0.3) is 0 Å². The highest BCUT2D eigenvalue weighted by atomic mass is 35.5. The predicted molar refractivity (Wildman–Crippen MR) is 115 cm³/mol. The van der Waals surface area contributed by atoms with Crippen molar-refractivity contribution in [3.63, 3.8) is 0 Å². The molecular weight excluding hydrogens is 443 g/mol. The summed E-state index contributed by atoms with van der Waals surface area (Å²) in [6, 6.07) is 0. The molecule has 0 aromatic carbocycles. The van der Waals surface area contributed by atoms with Gasteiger partial charge in [0.2, 0.25) is 23.4 Å². The van der Waals surface area contributed by atoms with E-state index in [0.29, 0.717) is 23.9 Å². The Labute approximate surface area is 191 Å². The van der Waals surface area contributed by atoms with Crippen LogP contribution in [0, 0.1) is 23.1 Å². The number of carbonyl (C=O) groups excluding carboxylic acids is 2. The monoisotopic (exact) mass is 472 g/mol. The standard InChI is InChI=1S/C20H30ClFN6O4/c1-20(2)10-27(9-14(20)30)17-15(22)16(23-19(21)24-17)25-26-18(31)13(8-28(32)11-29)7-12-5-3-4-6-12/h11-14,30,32H,3-10H2,1-2H3,(H,26,31)(H,23,24,25)/t13-,14+/m0/s1. The SMILES string of the molecule is CC1(C)CN(c2nc(Cl)nc(NNC(=O)[C@@H](CC3CCCC3)CN(O)C=O)c2F)C[C@H]1O. The Morgan fingerprint density at radius 2 is 2.09 bits per heavy atom. The topological polar surface area (TPSA) is 131 Å². The smallest absolute Gasteiger partial charge is 0.243 e. The molecule has 0 radical (unpaired) electrons. The Bertz CT molecular complexity index is 839. The maximum atomic E-state index is 15.1. The van der Waals surface area contributed by atoms with E-state index in [0.717, 1.165) is 25.7 Å². The van der Waals surface area contributed by atoms with E-state index in [9.17, 15) is 19.9 Å². The van der Waals surface area contributed by atoms with Crippen molar-refractivity contribution in [1.29, 1.82) is 0 Å². The fraction of sp³-hybridized carbons (Fsp3) is 0.700. The summed E-state index contributed by atoms with van der Waals surface area (Å²) in [4.78, 5) is 32.9. The number of β-amino-alcohol motifs (C(OH)–C–C–N with tert-alkyl or cyclic N) is 1. The Kier molecular flexibility index (Phi) is 7.73. The second kappa shape index (κ2) is 10.1. The van der Waals surface area contributed by atoms with Crippen molar-refractivity contribution in [3.8, 4) is 0 Å². The predicted octanol–water partition coefficient (Wildman–Crippen LogP) is 1.96. The highest BCUT2D eigenvalue weighted by Crippen LogP contribution is 2.35. The zero-order valence-electron chi connectivity index (χ0n) is 18.2. The molecule has 0 bridgehead atoms. The number of aliphatic hydroxyl groups is 1. The minimum absolute atomic E-state index is 0.0728. The number of anilines is 2. The highest BCUT2D eigenvalue weighted by Gasteiger charge is 2.40. The van der Waals surface area contributed by atoms with Crippen LogP contribution >= 0.6 is 11.6 Å². The van der Waals surface area contributed by atoms with Crippen molar-refractivity contribution in [2.75, 3.05) is 30.0 Å². The molecule has 1 aromatic rings. The number of amides is 2. The molecule has 1 saturated heterocycles. The molecule has 1 aliphatic heterocycles. The van der Waals surface area contributed by atoms with Gasteiger partial charge in [0.15, 0.2) is 11.6 Å². The first-order valence-electron chi connectivity index (χ1n) is 10.7. The summed E-state index contributed by atoms with van der Waals surface area (Å²) in [5.74, 6) is -2.07. The quantitative estimate of drug-likeness (QED) is 0.186. The molecule has 32 heavy (non-hydrogen) atoms. The summed E-state index contributed by atoms with van der Waals surface area (Å²) < 4.78 is 15.1. The van der Waals surface area contributed by atoms with Crippen LogP contribution in [-0.2, 0) is 9.59 Å². The number of nitrogens with one attached hydrogen (secondary N) is 2. The molecule has 0 spiro atoms. The molecule has 1 aromatic heterocycles. The van der Waals surface area contributed by atoms with Crippen LogP contribution in [0.2, 0.25) is 5.28 Å². The van der Waals surface area contributed by atoms with Crippen molar-refractivity contribution in [1.82, 2.24) is 20.5 Å². The number of hydroxylamine groups is 2. The largest absolute Gasteiger partial charge is 0.391 e. The number of hydrazine groups is 1. The lowest BCUT2D eigenvalue weighted by molar-refractivity contribution is -0.154. The molecule has 10 nitrogen and oxygen atoms in total. The number of rotatable bonds is 9. The summed E-state index contributed by atoms with van der Waals surface area (Å²) in [7, 11) is 0. The van der Waals surface area contributed by atoms with Crippen LogP contribution in [0.1, 0.15) is 46.0 Å². The van der Waals surface area contributed by atoms with Crippen LogP contribution in [0.15, 0.2) is 0 Å². The van der Waals surface area contributed by atoms with Crippen molar-refractivity contribution >= 4 is 35.6 Å². The van der Waals surface area contributed by atoms with Crippen LogP contribution in [0.25, 0.3) is 0 Å². The number of aromatic nitrogens is 2. The molecule has 1 saturated carbocycles. The fourth-order valence-corrected chi connectivity index (χ4v) is 4.55. The summed E-state index contributed by atoms with van der Waals surface area (Å²) in [6.07, 6.45) is 4.22. The maximum absolute atomic E-state index is 15.1. The van der Waals surface area contributed by atoms with Crippen molar-refractivity contribution in [2.45, 2.75) is 52.1 Å². The summed E-state index contributed by atoms with van der Waals surface area (Å²) in [5, 5.41) is 20.0. The second-order valence-corrected chi connectivity index (χ2v) is 9.63. The van der Waals surface area contributed by atoms with Gasteiger partial charge < -0.3 is 10.0 Å². The van der Waals surface area contributed by atoms with E-state index in [1.165, 1.54) is 0 Å².